The zero-order chi connectivity index (χ0) is 15.1. The van der Waals surface area contributed by atoms with E-state index in [1.165, 1.54) is 0 Å². The van der Waals surface area contributed by atoms with Crippen LogP contribution in [0.2, 0.25) is 0 Å². The highest BCUT2D eigenvalue weighted by atomic mass is 16.1. The van der Waals surface area contributed by atoms with E-state index < -0.39 is 0 Å². The second kappa shape index (κ2) is 4.76. The summed E-state index contributed by atoms with van der Waals surface area (Å²) in [4.78, 5) is 24.8. The van der Waals surface area contributed by atoms with Gasteiger partial charge in [-0.25, -0.2) is 15.0 Å². The highest BCUT2D eigenvalue weighted by molar-refractivity contribution is 5.95. The van der Waals surface area contributed by atoms with Crippen molar-refractivity contribution in [1.29, 1.82) is 0 Å². The Morgan fingerprint density at radius 2 is 2.27 bits per heavy atom. The highest BCUT2D eigenvalue weighted by Crippen LogP contribution is 2.32. The molecule has 1 amide bonds. The first kappa shape index (κ1) is 12.7. The maximum Gasteiger partial charge on any atom is 0.269 e. The Morgan fingerprint density at radius 1 is 1.36 bits per heavy atom. The molecule has 0 bridgehead atoms. The van der Waals surface area contributed by atoms with Gasteiger partial charge in [-0.05, 0) is 18.4 Å². The molecule has 4 rings (SSSR count). The lowest BCUT2D eigenvalue weighted by molar-refractivity contribution is 0.0957. The smallest absolute Gasteiger partial charge is 0.269 e. The molecule has 8 heteroatoms. The first-order valence-corrected chi connectivity index (χ1v) is 6.92. The fourth-order valence-electron chi connectivity index (χ4n) is 2.66. The third kappa shape index (κ3) is 1.80. The molecule has 0 aromatic carbocycles. The van der Waals surface area contributed by atoms with Gasteiger partial charge in [0.1, 0.15) is 17.7 Å². The molecule has 22 heavy (non-hydrogen) atoms. The Labute approximate surface area is 125 Å². The van der Waals surface area contributed by atoms with Gasteiger partial charge in [0.15, 0.2) is 0 Å². The fourth-order valence-corrected chi connectivity index (χ4v) is 2.66. The van der Waals surface area contributed by atoms with E-state index in [4.69, 9.17) is 0 Å². The molecule has 0 unspecified atom stereocenters. The van der Waals surface area contributed by atoms with Crippen molar-refractivity contribution in [1.82, 2.24) is 35.0 Å². The topological polar surface area (TPSA) is 101 Å². The lowest BCUT2D eigenvalue weighted by Gasteiger charge is -2.15. The number of imidazole rings is 1. The maximum absolute atomic E-state index is 11.9. The predicted molar refractivity (Wildman–Crippen MR) is 77.5 cm³/mol. The molecule has 0 atom stereocenters. The van der Waals surface area contributed by atoms with E-state index in [2.05, 4.69) is 30.5 Å². The number of carbonyl (C=O) groups excluding carboxylic acids is 1. The molecule has 0 saturated heterocycles. The highest BCUT2D eigenvalue weighted by Gasteiger charge is 2.26. The van der Waals surface area contributed by atoms with Crippen LogP contribution in [0.4, 0.5) is 0 Å². The van der Waals surface area contributed by atoms with Crippen molar-refractivity contribution in [3.63, 3.8) is 0 Å². The van der Waals surface area contributed by atoms with E-state index >= 15 is 0 Å². The molecule has 0 fully saturated rings. The summed E-state index contributed by atoms with van der Waals surface area (Å²) in [6, 6.07) is 0. The number of fused-ring (bicyclic) bond motifs is 3. The van der Waals surface area contributed by atoms with E-state index in [1.807, 2.05) is 6.20 Å². The molecule has 1 aliphatic carbocycles. The van der Waals surface area contributed by atoms with Gasteiger partial charge in [0.25, 0.3) is 5.91 Å². The molecule has 0 radical (unpaired) electrons. The molecule has 1 aliphatic rings. The van der Waals surface area contributed by atoms with Crippen molar-refractivity contribution in [3.05, 3.63) is 41.7 Å². The van der Waals surface area contributed by atoms with Gasteiger partial charge in [-0.1, -0.05) is 0 Å². The van der Waals surface area contributed by atoms with E-state index in [9.17, 15) is 4.79 Å². The molecule has 8 nitrogen and oxygen atoms in total. The third-order valence-corrected chi connectivity index (χ3v) is 3.78. The molecule has 3 heterocycles. The van der Waals surface area contributed by atoms with E-state index in [0.29, 0.717) is 11.6 Å². The molecule has 0 spiro atoms. The number of amides is 1. The average Bonchev–Trinajstić information content (AvgIpc) is 3.23. The maximum atomic E-state index is 11.9. The third-order valence-electron chi connectivity index (χ3n) is 3.78. The Morgan fingerprint density at radius 3 is 3.05 bits per heavy atom. The van der Waals surface area contributed by atoms with Crippen molar-refractivity contribution < 1.29 is 4.79 Å². The number of nitrogens with zero attached hydrogens (tertiary/aromatic N) is 5. The summed E-state index contributed by atoms with van der Waals surface area (Å²) in [6.45, 7) is 0. The number of hydrogen-bond donors (Lipinski definition) is 2. The van der Waals surface area contributed by atoms with Crippen LogP contribution >= 0.6 is 0 Å². The predicted octanol–water partition coefficient (Wildman–Crippen LogP) is 0.511. The quantitative estimate of drug-likeness (QED) is 0.717. The molecule has 3 aromatic heterocycles. The van der Waals surface area contributed by atoms with Crippen LogP contribution in [0.5, 0.6) is 0 Å². The van der Waals surface area contributed by atoms with Crippen LogP contribution in [-0.4, -0.2) is 42.7 Å². The monoisotopic (exact) mass is 295 g/mol. The number of aromatic nitrogens is 6. The van der Waals surface area contributed by atoms with Crippen molar-refractivity contribution in [2.75, 3.05) is 7.05 Å². The Balaban J connectivity index is 1.85. The van der Waals surface area contributed by atoms with E-state index in [1.54, 1.807) is 30.3 Å². The van der Waals surface area contributed by atoms with Crippen LogP contribution in [0.3, 0.4) is 0 Å². The summed E-state index contributed by atoms with van der Waals surface area (Å²) in [5.41, 5.74) is 3.94. The zero-order valence-corrected chi connectivity index (χ0v) is 11.9. The van der Waals surface area contributed by atoms with Crippen LogP contribution in [0.25, 0.3) is 17.3 Å². The zero-order valence-electron chi connectivity index (χ0n) is 11.9. The molecule has 3 aromatic rings. The summed E-state index contributed by atoms with van der Waals surface area (Å²) < 4.78 is 1.74. The van der Waals surface area contributed by atoms with Gasteiger partial charge in [-0.3, -0.25) is 14.5 Å². The largest absolute Gasteiger partial charge is 0.354 e. The van der Waals surface area contributed by atoms with Crippen LogP contribution in [0.1, 0.15) is 21.6 Å². The summed E-state index contributed by atoms with van der Waals surface area (Å²) in [6.07, 6.45) is 8.45. The van der Waals surface area contributed by atoms with Gasteiger partial charge in [0.2, 0.25) is 5.95 Å². The minimum absolute atomic E-state index is 0.166. The first-order valence-electron chi connectivity index (χ1n) is 6.92. The second-order valence-electron chi connectivity index (χ2n) is 5.02. The molecular formula is C14H13N7O. The normalized spacial score (nSPS) is 12.6. The van der Waals surface area contributed by atoms with Crippen molar-refractivity contribution in [3.8, 4) is 17.3 Å². The van der Waals surface area contributed by atoms with Gasteiger partial charge >= 0.3 is 0 Å². The summed E-state index contributed by atoms with van der Waals surface area (Å²) >= 11 is 0. The van der Waals surface area contributed by atoms with Crippen LogP contribution < -0.4 is 5.32 Å². The van der Waals surface area contributed by atoms with E-state index in [-0.39, 0.29) is 5.91 Å². The number of rotatable bonds is 2. The summed E-state index contributed by atoms with van der Waals surface area (Å²) in [5.74, 6) is 0.370. The number of nitrogens with one attached hydrogen (secondary N) is 2. The van der Waals surface area contributed by atoms with Crippen molar-refractivity contribution >= 4 is 5.91 Å². The summed E-state index contributed by atoms with van der Waals surface area (Å²) in [5, 5.41) is 9.73. The Kier molecular flexibility index (Phi) is 2.75. The molecular weight excluding hydrogens is 282 g/mol. The standard InChI is InChI=1S/C14H13N7O/c1-15-13(22)12-9-3-2-8-6-17-14(21-5-4-16-7-21)18-10(8)11(9)19-20-12/h4-7H,2-3H2,1H3,(H,15,22)(H,19,20). The fraction of sp³-hybridized carbons (Fsp3) is 0.214. The van der Waals surface area contributed by atoms with Crippen LogP contribution in [-0.2, 0) is 12.8 Å². The molecule has 0 aliphatic heterocycles. The molecule has 110 valence electrons. The average molecular weight is 295 g/mol. The lowest BCUT2D eigenvalue weighted by atomic mass is 9.93. The lowest BCUT2D eigenvalue weighted by Crippen LogP contribution is -2.20. The number of hydrogen-bond acceptors (Lipinski definition) is 5. The van der Waals surface area contributed by atoms with Gasteiger partial charge < -0.3 is 5.32 Å². The van der Waals surface area contributed by atoms with Gasteiger partial charge in [-0.15, -0.1) is 0 Å². The second-order valence-corrected chi connectivity index (χ2v) is 5.02. The van der Waals surface area contributed by atoms with Gasteiger partial charge in [-0.2, -0.15) is 5.10 Å². The first-order chi connectivity index (χ1) is 10.8. The SMILES string of the molecule is CNC(=O)c1[nH]nc2c1CCc1cnc(-n3ccnc3)nc1-2. The number of aromatic amines is 1. The minimum atomic E-state index is -0.166. The van der Waals surface area contributed by atoms with Gasteiger partial charge in [0.05, 0.1) is 5.69 Å². The number of H-pyrrole nitrogens is 1. The Hall–Kier alpha value is -3.03. The van der Waals surface area contributed by atoms with Crippen molar-refractivity contribution in [2.24, 2.45) is 0 Å². The number of aryl methyl sites for hydroxylation is 1. The van der Waals surface area contributed by atoms with Crippen molar-refractivity contribution in [2.45, 2.75) is 12.8 Å². The molecule has 2 N–H and O–H groups in total. The molecule has 0 saturated carbocycles. The summed E-state index contributed by atoms with van der Waals surface area (Å²) in [7, 11) is 1.60. The van der Waals surface area contributed by atoms with Crippen LogP contribution in [0.15, 0.2) is 24.9 Å². The van der Waals surface area contributed by atoms with E-state index in [0.717, 1.165) is 35.4 Å². The number of carbonyl (C=O) groups is 1. The minimum Gasteiger partial charge on any atom is -0.354 e. The Bertz CT molecular complexity index is 850. The van der Waals surface area contributed by atoms with Crippen LogP contribution in [0, 0.1) is 0 Å². The van der Waals surface area contributed by atoms with Gasteiger partial charge in [0, 0.05) is 31.2 Å².